The van der Waals surface area contributed by atoms with Crippen LogP contribution in [0.2, 0.25) is 0 Å². The van der Waals surface area contributed by atoms with Gasteiger partial charge in [0.05, 0.1) is 12.6 Å². The van der Waals surface area contributed by atoms with Gasteiger partial charge in [0.15, 0.2) is 5.69 Å². The van der Waals surface area contributed by atoms with Crippen LogP contribution in [0.25, 0.3) is 5.52 Å². The van der Waals surface area contributed by atoms with Crippen molar-refractivity contribution in [3.05, 3.63) is 29.8 Å². The topological polar surface area (TPSA) is 89.9 Å². The fourth-order valence-electron chi connectivity index (χ4n) is 1.85. The fraction of sp³-hybridized carbons (Fsp3) is 0.333. The van der Waals surface area contributed by atoms with Crippen LogP contribution in [0.4, 0.5) is 0 Å². The van der Waals surface area contributed by atoms with Crippen molar-refractivity contribution in [2.24, 2.45) is 5.73 Å². The number of pyridine rings is 1. The van der Waals surface area contributed by atoms with Crippen molar-refractivity contribution in [1.29, 1.82) is 0 Å². The van der Waals surface area contributed by atoms with Crippen molar-refractivity contribution >= 4 is 11.5 Å². The molecule has 2 heterocycles. The lowest BCUT2D eigenvalue weighted by atomic mass is 10.3. The van der Waals surface area contributed by atoms with E-state index < -0.39 is 5.97 Å². The number of rotatable bonds is 5. The molecule has 96 valence electrons. The van der Waals surface area contributed by atoms with Gasteiger partial charge in [-0.1, -0.05) is 0 Å². The zero-order chi connectivity index (χ0) is 13.1. The number of ether oxygens (including phenoxy) is 1. The summed E-state index contributed by atoms with van der Waals surface area (Å²) in [5.41, 5.74) is 6.04. The highest BCUT2D eigenvalue weighted by molar-refractivity contribution is 5.94. The molecule has 0 unspecified atom stereocenters. The predicted molar refractivity (Wildman–Crippen MR) is 66.1 cm³/mol. The van der Waals surface area contributed by atoms with Crippen molar-refractivity contribution in [2.45, 2.75) is 12.8 Å². The van der Waals surface area contributed by atoms with Crippen LogP contribution in [0.15, 0.2) is 18.3 Å². The van der Waals surface area contributed by atoms with E-state index in [0.717, 1.165) is 6.42 Å². The summed E-state index contributed by atoms with van der Waals surface area (Å²) in [5, 5.41) is 9.14. The Balaban J connectivity index is 2.56. The maximum absolute atomic E-state index is 11.2. The van der Waals surface area contributed by atoms with Crippen molar-refractivity contribution in [3.8, 4) is 5.75 Å². The lowest BCUT2D eigenvalue weighted by Gasteiger charge is -2.03. The monoisotopic (exact) mass is 249 g/mol. The van der Waals surface area contributed by atoms with Crippen LogP contribution in [-0.4, -0.2) is 34.1 Å². The van der Waals surface area contributed by atoms with E-state index in [1.54, 1.807) is 22.7 Å². The molecule has 2 aromatic rings. The summed E-state index contributed by atoms with van der Waals surface area (Å²) in [5.74, 6) is 0.269. The minimum absolute atomic E-state index is 0.0425. The Labute approximate surface area is 104 Å². The number of carboxylic acids is 1. The molecule has 0 atom stereocenters. The van der Waals surface area contributed by atoms with E-state index >= 15 is 0 Å². The van der Waals surface area contributed by atoms with E-state index in [-0.39, 0.29) is 5.69 Å². The maximum atomic E-state index is 11.2. The van der Waals surface area contributed by atoms with Crippen LogP contribution in [0.1, 0.15) is 22.7 Å². The van der Waals surface area contributed by atoms with Crippen LogP contribution in [0.3, 0.4) is 0 Å². The van der Waals surface area contributed by atoms with Gasteiger partial charge in [0, 0.05) is 18.7 Å². The first-order valence-corrected chi connectivity index (χ1v) is 5.65. The number of hydrogen-bond acceptors (Lipinski definition) is 4. The van der Waals surface area contributed by atoms with E-state index in [2.05, 4.69) is 4.98 Å². The number of carboxylic acid groups (broad SMARTS) is 1. The summed E-state index contributed by atoms with van der Waals surface area (Å²) in [6.45, 7) is 0.549. The first-order valence-electron chi connectivity index (χ1n) is 5.65. The molecule has 0 fully saturated rings. The number of imidazole rings is 1. The quantitative estimate of drug-likeness (QED) is 0.822. The zero-order valence-corrected chi connectivity index (χ0v) is 10.1. The molecule has 6 nitrogen and oxygen atoms in total. The first kappa shape index (κ1) is 12.4. The van der Waals surface area contributed by atoms with E-state index in [1.807, 2.05) is 0 Å². The van der Waals surface area contributed by atoms with Gasteiger partial charge in [-0.3, -0.25) is 0 Å². The fourth-order valence-corrected chi connectivity index (χ4v) is 1.85. The Kier molecular flexibility index (Phi) is 3.47. The summed E-state index contributed by atoms with van der Waals surface area (Å²) in [7, 11) is 1.54. The number of carbonyl (C=O) groups is 1. The minimum atomic E-state index is -1.04. The normalized spacial score (nSPS) is 10.8. The summed E-state index contributed by atoms with van der Waals surface area (Å²) in [6, 6.07) is 3.44. The molecule has 0 aliphatic carbocycles. The van der Waals surface area contributed by atoms with Gasteiger partial charge in [0.1, 0.15) is 11.6 Å². The minimum Gasteiger partial charge on any atom is -0.497 e. The maximum Gasteiger partial charge on any atom is 0.356 e. The van der Waals surface area contributed by atoms with Gasteiger partial charge in [-0.2, -0.15) is 0 Å². The Hall–Kier alpha value is -2.08. The highest BCUT2D eigenvalue weighted by Crippen LogP contribution is 2.20. The molecule has 0 amide bonds. The Morgan fingerprint density at radius 2 is 2.39 bits per heavy atom. The van der Waals surface area contributed by atoms with E-state index in [1.165, 1.54) is 7.11 Å². The van der Waals surface area contributed by atoms with Crippen molar-refractivity contribution in [2.75, 3.05) is 13.7 Å². The predicted octanol–water partition coefficient (Wildman–Crippen LogP) is 0.932. The van der Waals surface area contributed by atoms with Crippen molar-refractivity contribution in [1.82, 2.24) is 9.38 Å². The van der Waals surface area contributed by atoms with E-state index in [4.69, 9.17) is 15.6 Å². The molecule has 0 aliphatic heterocycles. The Morgan fingerprint density at radius 1 is 1.61 bits per heavy atom. The zero-order valence-electron chi connectivity index (χ0n) is 10.1. The Bertz CT molecular complexity index is 577. The van der Waals surface area contributed by atoms with Gasteiger partial charge in [0.25, 0.3) is 0 Å². The van der Waals surface area contributed by atoms with Crippen molar-refractivity contribution in [3.63, 3.8) is 0 Å². The number of hydrogen-bond donors (Lipinski definition) is 2. The highest BCUT2D eigenvalue weighted by atomic mass is 16.5. The molecule has 6 heteroatoms. The third-order valence-corrected chi connectivity index (χ3v) is 2.73. The molecule has 3 N–H and O–H groups in total. The summed E-state index contributed by atoms with van der Waals surface area (Å²) < 4.78 is 6.86. The Morgan fingerprint density at radius 3 is 3.00 bits per heavy atom. The molecule has 0 spiro atoms. The average Bonchev–Trinajstić information content (AvgIpc) is 2.74. The number of aromatic carboxylic acids is 1. The van der Waals surface area contributed by atoms with Crippen LogP contribution >= 0.6 is 0 Å². The van der Waals surface area contributed by atoms with Gasteiger partial charge in [-0.15, -0.1) is 0 Å². The van der Waals surface area contributed by atoms with Crippen molar-refractivity contribution < 1.29 is 14.6 Å². The summed E-state index contributed by atoms with van der Waals surface area (Å²) in [6.07, 6.45) is 3.18. The van der Waals surface area contributed by atoms with Gasteiger partial charge < -0.3 is 20.0 Å². The molecule has 0 radical (unpaired) electrons. The second kappa shape index (κ2) is 5.05. The average molecular weight is 249 g/mol. The smallest absolute Gasteiger partial charge is 0.356 e. The van der Waals surface area contributed by atoms with E-state index in [0.29, 0.717) is 30.1 Å². The number of nitrogens with zero attached hydrogens (tertiary/aromatic N) is 2. The molecule has 0 saturated heterocycles. The number of aromatic nitrogens is 2. The van der Waals surface area contributed by atoms with Gasteiger partial charge in [-0.25, -0.2) is 9.78 Å². The van der Waals surface area contributed by atoms with Crippen LogP contribution in [0.5, 0.6) is 5.75 Å². The highest BCUT2D eigenvalue weighted by Gasteiger charge is 2.16. The largest absolute Gasteiger partial charge is 0.497 e. The standard InChI is InChI=1S/C12H15N3O3/c1-18-8-4-6-15-9(7-8)11(12(16)17)14-10(15)3-2-5-13/h4,6-7H,2-3,5,13H2,1H3,(H,16,17). The second-order valence-corrected chi connectivity index (χ2v) is 3.90. The molecule has 18 heavy (non-hydrogen) atoms. The molecule has 0 bridgehead atoms. The third-order valence-electron chi connectivity index (χ3n) is 2.73. The SMILES string of the molecule is COc1ccn2c(CCCN)nc(C(=O)O)c2c1. The lowest BCUT2D eigenvalue weighted by Crippen LogP contribution is -2.03. The number of fused-ring (bicyclic) bond motifs is 1. The molecule has 2 rings (SSSR count). The first-order chi connectivity index (χ1) is 8.67. The number of methoxy groups -OCH3 is 1. The lowest BCUT2D eigenvalue weighted by molar-refractivity contribution is 0.0693. The van der Waals surface area contributed by atoms with Crippen LogP contribution < -0.4 is 10.5 Å². The number of nitrogens with two attached hydrogens (primary N) is 1. The molecule has 0 saturated carbocycles. The van der Waals surface area contributed by atoms with Gasteiger partial charge in [0.2, 0.25) is 0 Å². The van der Waals surface area contributed by atoms with E-state index in [9.17, 15) is 4.79 Å². The summed E-state index contributed by atoms with van der Waals surface area (Å²) >= 11 is 0. The molecule has 0 aromatic carbocycles. The molecular formula is C12H15N3O3. The molecule has 2 aromatic heterocycles. The van der Waals surface area contributed by atoms with Gasteiger partial charge >= 0.3 is 5.97 Å². The third kappa shape index (κ3) is 2.14. The molecule has 0 aliphatic rings. The molecular weight excluding hydrogens is 234 g/mol. The number of aryl methyl sites for hydroxylation is 1. The van der Waals surface area contributed by atoms with Gasteiger partial charge in [-0.05, 0) is 19.0 Å². The second-order valence-electron chi connectivity index (χ2n) is 3.90. The van der Waals surface area contributed by atoms with Crippen LogP contribution in [0, 0.1) is 0 Å². The van der Waals surface area contributed by atoms with Crippen LogP contribution in [-0.2, 0) is 6.42 Å². The summed E-state index contributed by atoms with van der Waals surface area (Å²) in [4.78, 5) is 15.3.